The predicted octanol–water partition coefficient (Wildman–Crippen LogP) is 5.94. The van der Waals surface area contributed by atoms with E-state index in [0.29, 0.717) is 17.0 Å². The van der Waals surface area contributed by atoms with E-state index in [1.807, 2.05) is 60.7 Å². The normalized spacial score (nSPS) is 12.4. The lowest BCUT2D eigenvalue weighted by atomic mass is 9.99. The Morgan fingerprint density at radius 3 is 2.47 bits per heavy atom. The quantitative estimate of drug-likeness (QED) is 0.476. The van der Waals surface area contributed by atoms with Gasteiger partial charge in [-0.15, -0.1) is 0 Å². The smallest absolute Gasteiger partial charge is 0.256 e. The molecule has 0 aliphatic carbocycles. The van der Waals surface area contributed by atoms with Gasteiger partial charge in [-0.1, -0.05) is 81.1 Å². The number of carbonyl (C=O) groups is 1. The highest BCUT2D eigenvalue weighted by molar-refractivity contribution is 6.10. The van der Waals surface area contributed by atoms with E-state index in [1.54, 1.807) is 7.11 Å². The second kappa shape index (κ2) is 9.88. The Kier molecular flexibility index (Phi) is 7.02. The molecule has 0 bridgehead atoms. The Morgan fingerprint density at radius 2 is 1.83 bits per heavy atom. The van der Waals surface area contributed by atoms with Crippen LogP contribution in [-0.2, 0) is 0 Å². The number of carbonyl (C=O) groups excluding carboxylic acids is 1. The van der Waals surface area contributed by atoms with Crippen molar-refractivity contribution in [1.82, 2.24) is 10.3 Å². The molecule has 4 heteroatoms. The molecule has 1 amide bonds. The van der Waals surface area contributed by atoms with Crippen molar-refractivity contribution in [1.29, 1.82) is 0 Å². The van der Waals surface area contributed by atoms with Crippen LogP contribution in [0.25, 0.3) is 22.2 Å². The molecule has 3 rings (SSSR count). The molecule has 2 aromatic carbocycles. The number of pyridine rings is 1. The first-order chi connectivity index (χ1) is 14.6. The fourth-order valence-electron chi connectivity index (χ4n) is 3.67. The number of aromatic nitrogens is 1. The second-order valence-electron chi connectivity index (χ2n) is 7.00. The zero-order valence-electron chi connectivity index (χ0n) is 17.8. The molecule has 30 heavy (non-hydrogen) atoms. The van der Waals surface area contributed by atoms with Gasteiger partial charge in [0.15, 0.2) is 5.75 Å². The summed E-state index contributed by atoms with van der Waals surface area (Å²) in [7, 11) is 1.58. The summed E-state index contributed by atoms with van der Waals surface area (Å²) in [6.07, 6.45) is 5.56. The molecule has 1 atom stereocenters. The number of para-hydroxylation sites is 1. The van der Waals surface area contributed by atoms with Gasteiger partial charge in [0.1, 0.15) is 5.69 Å². The van der Waals surface area contributed by atoms with Gasteiger partial charge in [-0.25, -0.2) is 4.98 Å². The predicted molar refractivity (Wildman–Crippen MR) is 124 cm³/mol. The van der Waals surface area contributed by atoms with Crippen LogP contribution in [0.3, 0.4) is 0 Å². The molecule has 0 aliphatic rings. The summed E-state index contributed by atoms with van der Waals surface area (Å²) in [4.78, 5) is 18.3. The van der Waals surface area contributed by atoms with E-state index < -0.39 is 0 Å². The van der Waals surface area contributed by atoms with Crippen LogP contribution < -0.4 is 10.1 Å². The third-order valence-electron chi connectivity index (χ3n) is 5.12. The van der Waals surface area contributed by atoms with Gasteiger partial charge in [0.2, 0.25) is 0 Å². The number of methoxy groups -OCH3 is 1. The van der Waals surface area contributed by atoms with Crippen molar-refractivity contribution in [2.45, 2.75) is 32.7 Å². The highest BCUT2D eigenvalue weighted by atomic mass is 16.5. The van der Waals surface area contributed by atoms with Gasteiger partial charge in [-0.3, -0.25) is 4.79 Å². The molecule has 0 fully saturated rings. The molecule has 0 aliphatic heterocycles. The SMILES string of the molecule is C=C/C(=C\CC)C(CC)NC(=O)c1c(OC)c(-c2ccccc2)nc2ccccc12. The van der Waals surface area contributed by atoms with E-state index in [9.17, 15) is 4.79 Å². The summed E-state index contributed by atoms with van der Waals surface area (Å²) >= 11 is 0. The van der Waals surface area contributed by atoms with Crippen molar-refractivity contribution < 1.29 is 9.53 Å². The lowest BCUT2D eigenvalue weighted by Gasteiger charge is -2.21. The number of nitrogens with zero attached hydrogens (tertiary/aromatic N) is 1. The molecule has 1 aromatic heterocycles. The maximum atomic E-state index is 13.5. The number of hydrogen-bond acceptors (Lipinski definition) is 3. The molecule has 4 nitrogen and oxygen atoms in total. The topological polar surface area (TPSA) is 51.2 Å². The first-order valence-corrected chi connectivity index (χ1v) is 10.3. The number of rotatable bonds is 8. The third kappa shape index (κ3) is 4.28. The number of amides is 1. The lowest BCUT2D eigenvalue weighted by Crippen LogP contribution is -2.36. The van der Waals surface area contributed by atoms with Crippen molar-refractivity contribution in [3.8, 4) is 17.0 Å². The number of hydrogen-bond donors (Lipinski definition) is 1. The van der Waals surface area contributed by atoms with E-state index in [2.05, 4.69) is 31.8 Å². The minimum Gasteiger partial charge on any atom is -0.494 e. The average Bonchev–Trinajstić information content (AvgIpc) is 2.80. The van der Waals surface area contributed by atoms with Crippen LogP contribution in [0.15, 0.2) is 78.9 Å². The van der Waals surface area contributed by atoms with Gasteiger partial charge in [-0.05, 0) is 24.5 Å². The highest BCUT2D eigenvalue weighted by Gasteiger charge is 2.24. The number of ether oxygens (including phenoxy) is 1. The van der Waals surface area contributed by atoms with Gasteiger partial charge in [-0.2, -0.15) is 0 Å². The van der Waals surface area contributed by atoms with Crippen molar-refractivity contribution >= 4 is 16.8 Å². The van der Waals surface area contributed by atoms with Gasteiger partial charge >= 0.3 is 0 Å². The fourth-order valence-corrected chi connectivity index (χ4v) is 3.67. The van der Waals surface area contributed by atoms with Gasteiger partial charge < -0.3 is 10.1 Å². The Hall–Kier alpha value is -3.40. The Balaban J connectivity index is 2.17. The third-order valence-corrected chi connectivity index (χ3v) is 5.12. The molecule has 1 heterocycles. The largest absolute Gasteiger partial charge is 0.494 e. The minimum atomic E-state index is -0.182. The fraction of sp³-hybridized carbons (Fsp3) is 0.231. The van der Waals surface area contributed by atoms with E-state index in [-0.39, 0.29) is 11.9 Å². The van der Waals surface area contributed by atoms with Gasteiger partial charge in [0.05, 0.1) is 24.2 Å². The molecule has 154 valence electrons. The highest BCUT2D eigenvalue weighted by Crippen LogP contribution is 2.36. The summed E-state index contributed by atoms with van der Waals surface area (Å²) in [5.41, 5.74) is 3.83. The Bertz CT molecular complexity index is 1070. The molecule has 0 saturated carbocycles. The van der Waals surface area contributed by atoms with Crippen LogP contribution in [0, 0.1) is 0 Å². The molecular weight excluding hydrogens is 372 g/mol. The summed E-state index contributed by atoms with van der Waals surface area (Å²) in [5, 5.41) is 3.94. The Morgan fingerprint density at radius 1 is 1.13 bits per heavy atom. The molecular formula is C26H28N2O2. The minimum absolute atomic E-state index is 0.119. The molecule has 1 N–H and O–H groups in total. The monoisotopic (exact) mass is 400 g/mol. The molecule has 0 saturated heterocycles. The first-order valence-electron chi connectivity index (χ1n) is 10.3. The molecule has 3 aromatic rings. The maximum absolute atomic E-state index is 13.5. The summed E-state index contributed by atoms with van der Waals surface area (Å²) in [6.45, 7) is 8.04. The number of nitrogens with one attached hydrogen (secondary N) is 1. The molecule has 0 spiro atoms. The van der Waals surface area contributed by atoms with E-state index in [1.165, 1.54) is 0 Å². The zero-order valence-corrected chi connectivity index (χ0v) is 17.8. The van der Waals surface area contributed by atoms with Crippen LogP contribution in [0.2, 0.25) is 0 Å². The van der Waals surface area contributed by atoms with Crippen LogP contribution >= 0.6 is 0 Å². The summed E-state index contributed by atoms with van der Waals surface area (Å²) in [6, 6.07) is 17.3. The van der Waals surface area contributed by atoms with Crippen molar-refractivity contribution in [2.24, 2.45) is 0 Å². The van der Waals surface area contributed by atoms with E-state index >= 15 is 0 Å². The summed E-state index contributed by atoms with van der Waals surface area (Å²) < 4.78 is 5.75. The summed E-state index contributed by atoms with van der Waals surface area (Å²) in [5.74, 6) is 0.296. The first kappa shape index (κ1) is 21.3. The number of fused-ring (bicyclic) bond motifs is 1. The zero-order chi connectivity index (χ0) is 21.5. The molecule has 0 radical (unpaired) electrons. The Labute approximate surface area is 178 Å². The van der Waals surface area contributed by atoms with Crippen LogP contribution in [0.4, 0.5) is 0 Å². The van der Waals surface area contributed by atoms with Crippen molar-refractivity contribution in [2.75, 3.05) is 7.11 Å². The van der Waals surface area contributed by atoms with Crippen molar-refractivity contribution in [3.63, 3.8) is 0 Å². The van der Waals surface area contributed by atoms with Crippen LogP contribution in [-0.4, -0.2) is 24.0 Å². The van der Waals surface area contributed by atoms with Gasteiger partial charge in [0.25, 0.3) is 5.91 Å². The maximum Gasteiger partial charge on any atom is 0.256 e. The number of allylic oxidation sites excluding steroid dienone is 1. The lowest BCUT2D eigenvalue weighted by molar-refractivity contribution is 0.0941. The number of benzene rings is 2. The van der Waals surface area contributed by atoms with Gasteiger partial charge in [0, 0.05) is 10.9 Å². The second-order valence-corrected chi connectivity index (χ2v) is 7.00. The van der Waals surface area contributed by atoms with E-state index in [0.717, 1.165) is 34.9 Å². The standard InChI is InChI=1S/C26H28N2O2/c1-5-13-18(6-2)21(7-3)28-26(29)23-20-16-11-12-17-22(20)27-24(25(23)30-4)19-14-9-8-10-15-19/h6,8-17,21H,2,5,7H2,1,3-4H3,(H,28,29)/b18-13+. The van der Waals surface area contributed by atoms with Crippen LogP contribution in [0.5, 0.6) is 5.75 Å². The van der Waals surface area contributed by atoms with E-state index in [4.69, 9.17) is 9.72 Å². The van der Waals surface area contributed by atoms with Crippen molar-refractivity contribution in [3.05, 3.63) is 84.5 Å². The average molecular weight is 401 g/mol. The van der Waals surface area contributed by atoms with Crippen LogP contribution in [0.1, 0.15) is 37.0 Å². The molecule has 1 unspecified atom stereocenters.